The summed E-state index contributed by atoms with van der Waals surface area (Å²) in [6.45, 7) is 13.8. The van der Waals surface area contributed by atoms with Crippen molar-refractivity contribution in [2.24, 2.45) is 0 Å². The largest absolute Gasteiger partial charge is 0.506 e. The summed E-state index contributed by atoms with van der Waals surface area (Å²) in [5, 5.41) is 26.4. The third-order valence-corrected chi connectivity index (χ3v) is 13.8. The quantitative estimate of drug-likeness (QED) is 0.0898. The number of carboxylic acids is 1. The van der Waals surface area contributed by atoms with Crippen LogP contribution in [0, 0.1) is 0 Å². The van der Waals surface area contributed by atoms with Crippen molar-refractivity contribution in [3.8, 4) is 11.5 Å². The number of carbonyl (C=O) groups is 4. The standard InChI is InChI=1S/C46H64N6O7S.C2HF3O2/c1-45(2,3)44-48-37(31-60-44)43(56)51-24-27-59-46(32-51)17-21-50(22-18-46)29-34-9-7-8-33(28-34)15-25-57-26-16-40(55)52(36-10-5-4-6-11-36)23-20-47-19-14-35-12-13-38(53)41-42(35)58-30-39(54)49-41;3-2(4,5)1(6)7/h7-9,12-13,28,31,36,47,53H,4-6,10-11,14-27,29-30,32H2,1-3H3,(H,49,54);(H,6,7). The lowest BCUT2D eigenvalue weighted by atomic mass is 9.89. The summed E-state index contributed by atoms with van der Waals surface area (Å²) in [6, 6.07) is 12.4. The second-order valence-corrected chi connectivity index (χ2v) is 19.6. The molecule has 3 aliphatic heterocycles. The highest BCUT2D eigenvalue weighted by molar-refractivity contribution is 7.10. The van der Waals surface area contributed by atoms with Gasteiger partial charge in [-0.25, -0.2) is 9.78 Å². The van der Waals surface area contributed by atoms with Crippen LogP contribution in [0.1, 0.15) is 104 Å². The van der Waals surface area contributed by atoms with E-state index < -0.39 is 12.1 Å². The fraction of sp³-hybridized carbons (Fsp3) is 0.604. The van der Waals surface area contributed by atoms with E-state index in [-0.39, 0.29) is 47.1 Å². The van der Waals surface area contributed by atoms with Gasteiger partial charge in [0.15, 0.2) is 12.4 Å². The molecule has 0 unspecified atom stereocenters. The number of piperidine rings is 1. The number of hydrogen-bond acceptors (Lipinski definition) is 12. The third kappa shape index (κ3) is 14.8. The number of nitrogens with one attached hydrogen (secondary N) is 2. The predicted octanol–water partition coefficient (Wildman–Crippen LogP) is 6.56. The van der Waals surface area contributed by atoms with E-state index in [0.29, 0.717) is 82.5 Å². The molecule has 368 valence electrons. The highest BCUT2D eigenvalue weighted by Crippen LogP contribution is 2.39. The Balaban J connectivity index is 0.000000980. The molecule has 3 amide bonds. The SMILES string of the molecule is CC(C)(C)c1nc(C(=O)N2CCOC3(CCN(Cc4cccc(CCOCCC(=O)N(CCNCCc5ccc(O)c6c5OCC(=O)N6)C5CCCCC5)c4)CC3)C2)cs1.O=C(O)C(F)(F)F. The zero-order valence-electron chi connectivity index (χ0n) is 38.8. The lowest BCUT2D eigenvalue weighted by Crippen LogP contribution is -2.58. The number of morpholine rings is 1. The average Bonchev–Trinajstić information content (AvgIpc) is 3.81. The molecule has 4 N–H and O–H groups in total. The number of aromatic hydroxyl groups is 1. The van der Waals surface area contributed by atoms with Crippen LogP contribution in [0.5, 0.6) is 11.5 Å². The number of rotatable bonds is 16. The Morgan fingerprint density at radius 2 is 1.75 bits per heavy atom. The Labute approximate surface area is 394 Å². The summed E-state index contributed by atoms with van der Waals surface area (Å²) in [7, 11) is 0. The van der Waals surface area contributed by atoms with Gasteiger partial charge < -0.3 is 44.9 Å². The monoisotopic (exact) mass is 958 g/mol. The van der Waals surface area contributed by atoms with Crippen molar-refractivity contribution in [1.82, 2.24) is 25.0 Å². The van der Waals surface area contributed by atoms with Crippen molar-refractivity contribution in [2.75, 3.05) is 77.6 Å². The number of carboxylic acid groups (broad SMARTS) is 1. The van der Waals surface area contributed by atoms with Gasteiger partial charge in [0, 0.05) is 56.1 Å². The number of aliphatic carboxylic acids is 1. The number of nitrogens with zero attached hydrogens (tertiary/aromatic N) is 4. The number of likely N-dealkylation sites (tertiary alicyclic amines) is 1. The maximum Gasteiger partial charge on any atom is 0.490 e. The van der Waals surface area contributed by atoms with Gasteiger partial charge in [-0.1, -0.05) is 70.4 Å². The van der Waals surface area contributed by atoms with Crippen molar-refractivity contribution >= 4 is 40.7 Å². The number of carbonyl (C=O) groups excluding carboxylic acids is 3. The summed E-state index contributed by atoms with van der Waals surface area (Å²) in [6.07, 6.45) is 4.15. The number of ether oxygens (including phenoxy) is 3. The number of anilines is 1. The van der Waals surface area contributed by atoms with Gasteiger partial charge in [-0.15, -0.1) is 11.3 Å². The van der Waals surface area contributed by atoms with Crippen LogP contribution in [0.4, 0.5) is 18.9 Å². The minimum Gasteiger partial charge on any atom is -0.506 e. The maximum atomic E-state index is 13.6. The number of halogens is 3. The van der Waals surface area contributed by atoms with Crippen LogP contribution in [-0.2, 0) is 48.7 Å². The van der Waals surface area contributed by atoms with E-state index in [4.69, 9.17) is 24.1 Å². The molecule has 4 aliphatic rings. The van der Waals surface area contributed by atoms with E-state index in [9.17, 15) is 32.7 Å². The van der Waals surface area contributed by atoms with Gasteiger partial charge in [0.05, 0.1) is 43.4 Å². The molecule has 19 heteroatoms. The first-order valence-electron chi connectivity index (χ1n) is 23.3. The summed E-state index contributed by atoms with van der Waals surface area (Å²) >= 11 is 1.56. The molecule has 3 fully saturated rings. The maximum absolute atomic E-state index is 13.6. The summed E-state index contributed by atoms with van der Waals surface area (Å²) in [5.74, 6) is -2.35. The van der Waals surface area contributed by atoms with Crippen molar-refractivity contribution in [1.29, 1.82) is 0 Å². The number of alkyl halides is 3. The van der Waals surface area contributed by atoms with Crippen LogP contribution in [0.2, 0.25) is 0 Å². The number of fused-ring (bicyclic) bond motifs is 1. The predicted molar refractivity (Wildman–Crippen MR) is 247 cm³/mol. The third-order valence-electron chi connectivity index (χ3n) is 12.6. The van der Waals surface area contributed by atoms with E-state index in [1.54, 1.807) is 17.4 Å². The fourth-order valence-electron chi connectivity index (χ4n) is 8.92. The van der Waals surface area contributed by atoms with Crippen LogP contribution in [0.15, 0.2) is 41.8 Å². The second-order valence-electron chi connectivity index (χ2n) is 18.7. The van der Waals surface area contributed by atoms with Crippen molar-refractivity contribution in [3.05, 3.63) is 69.2 Å². The molecule has 0 bridgehead atoms. The highest BCUT2D eigenvalue weighted by atomic mass is 32.1. The Bertz CT molecular complexity index is 2150. The molecule has 0 radical (unpaired) electrons. The molecule has 1 spiro atoms. The summed E-state index contributed by atoms with van der Waals surface area (Å²) in [5.41, 5.74) is 3.93. The lowest BCUT2D eigenvalue weighted by molar-refractivity contribution is -0.192. The van der Waals surface area contributed by atoms with Gasteiger partial charge in [-0.2, -0.15) is 13.2 Å². The molecule has 15 nitrogen and oxygen atoms in total. The number of amides is 3. The van der Waals surface area contributed by atoms with E-state index in [2.05, 4.69) is 70.5 Å². The molecular formula is C48H65F3N6O9S. The molecule has 1 saturated carbocycles. The van der Waals surface area contributed by atoms with Crippen LogP contribution in [0.3, 0.4) is 0 Å². The topological polar surface area (TPSA) is 183 Å². The van der Waals surface area contributed by atoms with E-state index in [1.165, 1.54) is 17.5 Å². The van der Waals surface area contributed by atoms with Gasteiger partial charge in [0.2, 0.25) is 5.91 Å². The fourth-order valence-corrected chi connectivity index (χ4v) is 9.80. The first kappa shape index (κ1) is 51.6. The van der Waals surface area contributed by atoms with Crippen molar-refractivity contribution < 1.29 is 56.8 Å². The van der Waals surface area contributed by atoms with Crippen LogP contribution >= 0.6 is 11.3 Å². The highest BCUT2D eigenvalue weighted by Gasteiger charge is 2.42. The van der Waals surface area contributed by atoms with Crippen molar-refractivity contribution in [2.45, 2.75) is 115 Å². The molecule has 2 saturated heterocycles. The Kier molecular flexibility index (Phi) is 18.1. The van der Waals surface area contributed by atoms with Crippen LogP contribution < -0.4 is 15.4 Å². The number of thiazole rings is 1. The number of aromatic nitrogens is 1. The van der Waals surface area contributed by atoms with Crippen LogP contribution in [-0.4, -0.2) is 144 Å². The van der Waals surface area contributed by atoms with Crippen LogP contribution in [0.25, 0.3) is 0 Å². The molecule has 2 aromatic carbocycles. The Morgan fingerprint density at radius 3 is 2.45 bits per heavy atom. The summed E-state index contributed by atoms with van der Waals surface area (Å²) in [4.78, 5) is 58.8. The number of phenolic OH excluding ortho intramolecular Hbond substituents is 1. The smallest absolute Gasteiger partial charge is 0.490 e. The average molecular weight is 959 g/mol. The minimum atomic E-state index is -5.08. The van der Waals surface area contributed by atoms with E-state index in [1.807, 2.05) is 16.3 Å². The lowest BCUT2D eigenvalue weighted by Gasteiger charge is -2.47. The first-order chi connectivity index (χ1) is 31.9. The molecule has 0 atom stereocenters. The van der Waals surface area contributed by atoms with Gasteiger partial charge in [0.25, 0.3) is 11.8 Å². The zero-order chi connectivity index (χ0) is 48.2. The molecule has 4 heterocycles. The van der Waals surface area contributed by atoms with E-state index in [0.717, 1.165) is 75.2 Å². The van der Waals surface area contributed by atoms with Gasteiger partial charge in [-0.05, 0) is 67.8 Å². The molecular weight excluding hydrogens is 894 g/mol. The van der Waals surface area contributed by atoms with Gasteiger partial charge in [-0.3, -0.25) is 19.3 Å². The molecule has 3 aromatic rings. The number of hydrogen-bond donors (Lipinski definition) is 4. The molecule has 1 aliphatic carbocycles. The number of phenols is 1. The molecule has 7 rings (SSSR count). The second kappa shape index (κ2) is 23.5. The van der Waals surface area contributed by atoms with Gasteiger partial charge in [0.1, 0.15) is 17.1 Å². The molecule has 67 heavy (non-hydrogen) atoms. The van der Waals surface area contributed by atoms with Gasteiger partial charge >= 0.3 is 12.1 Å². The van der Waals surface area contributed by atoms with E-state index >= 15 is 0 Å². The minimum absolute atomic E-state index is 0.00453. The first-order valence-corrected chi connectivity index (χ1v) is 24.1. The van der Waals surface area contributed by atoms with Crippen molar-refractivity contribution in [3.63, 3.8) is 0 Å². The zero-order valence-corrected chi connectivity index (χ0v) is 39.6. The molecule has 1 aromatic heterocycles. The number of benzene rings is 2. The Hall–Kier alpha value is -4.82. The Morgan fingerprint density at radius 1 is 1.01 bits per heavy atom. The normalized spacial score (nSPS) is 17.8. The summed E-state index contributed by atoms with van der Waals surface area (Å²) < 4.78 is 49.8.